The summed E-state index contributed by atoms with van der Waals surface area (Å²) in [5.41, 5.74) is -0.479. The fourth-order valence-corrected chi connectivity index (χ4v) is 3.94. The zero-order chi connectivity index (χ0) is 21.0. The molecule has 0 fully saturated rings. The number of nitrogens with zero attached hydrogens (tertiary/aromatic N) is 1. The van der Waals surface area contributed by atoms with Gasteiger partial charge in [-0.1, -0.05) is 79.7 Å². The summed E-state index contributed by atoms with van der Waals surface area (Å²) < 4.78 is 5.03. The highest BCUT2D eigenvalue weighted by Gasteiger charge is 2.53. The number of aromatic nitrogens is 1. The molecule has 150 valence electrons. The van der Waals surface area contributed by atoms with Crippen LogP contribution in [0.2, 0.25) is 0 Å². The van der Waals surface area contributed by atoms with Gasteiger partial charge in [0.2, 0.25) is 5.91 Å². The van der Waals surface area contributed by atoms with Crippen LogP contribution in [0.3, 0.4) is 0 Å². The predicted molar refractivity (Wildman–Crippen MR) is 109 cm³/mol. The minimum absolute atomic E-state index is 0.263. The van der Waals surface area contributed by atoms with Crippen molar-refractivity contribution in [2.75, 3.05) is 5.32 Å². The van der Waals surface area contributed by atoms with Crippen LogP contribution in [0.1, 0.15) is 30.7 Å². The Morgan fingerprint density at radius 2 is 1.52 bits per heavy atom. The molecule has 0 bridgehead atoms. The number of carbonyl (C=O) groups is 2. The van der Waals surface area contributed by atoms with Crippen LogP contribution in [0.15, 0.2) is 71.3 Å². The lowest BCUT2D eigenvalue weighted by Crippen LogP contribution is -2.51. The third kappa shape index (κ3) is 3.78. The lowest BCUT2D eigenvalue weighted by Gasteiger charge is -2.39. The van der Waals surface area contributed by atoms with E-state index in [1.165, 1.54) is 0 Å². The maximum atomic E-state index is 13.4. The summed E-state index contributed by atoms with van der Waals surface area (Å²) in [6, 6.07) is 19.4. The fourth-order valence-electron chi connectivity index (χ4n) is 3.94. The third-order valence-corrected chi connectivity index (χ3v) is 5.09. The maximum absolute atomic E-state index is 13.4. The molecule has 3 rings (SSSR count). The summed E-state index contributed by atoms with van der Waals surface area (Å²) in [6.07, 6.45) is 0. The van der Waals surface area contributed by atoms with Gasteiger partial charge in [0.05, 0.1) is 5.92 Å². The molecule has 1 aromatic heterocycles. The van der Waals surface area contributed by atoms with Crippen molar-refractivity contribution in [3.63, 3.8) is 0 Å². The lowest BCUT2D eigenvalue weighted by atomic mass is 9.62. The molecule has 6 heteroatoms. The smallest absolute Gasteiger partial charge is 0.319 e. The minimum atomic E-state index is -1.57. The van der Waals surface area contributed by atoms with Crippen LogP contribution in [0, 0.1) is 18.8 Å². The van der Waals surface area contributed by atoms with E-state index in [9.17, 15) is 14.7 Å². The third-order valence-electron chi connectivity index (χ3n) is 5.09. The van der Waals surface area contributed by atoms with E-state index in [1.807, 2.05) is 26.0 Å². The largest absolute Gasteiger partial charge is 0.480 e. The predicted octanol–water partition coefficient (Wildman–Crippen LogP) is 4.26. The standard InChI is InChI=1S/C23H24N2O4/c1-15(2)20(21(26)24-19-14-16(3)29-25-19)23(22(27)28,17-10-6-4-7-11-17)18-12-8-5-9-13-18/h4-15,20H,1-3H3,(H,27,28)(H,24,25,26). The summed E-state index contributed by atoms with van der Waals surface area (Å²) in [5, 5.41) is 17.1. The molecule has 6 nitrogen and oxygen atoms in total. The molecule has 0 aliphatic heterocycles. The summed E-state index contributed by atoms with van der Waals surface area (Å²) in [5.74, 6) is -1.87. The lowest BCUT2D eigenvalue weighted by molar-refractivity contribution is -0.148. The van der Waals surface area contributed by atoms with Gasteiger partial charge < -0.3 is 14.9 Å². The van der Waals surface area contributed by atoms with Crippen molar-refractivity contribution in [3.05, 3.63) is 83.6 Å². The molecule has 1 atom stereocenters. The normalized spacial score (nSPS) is 12.6. The Morgan fingerprint density at radius 1 is 1.00 bits per heavy atom. The van der Waals surface area contributed by atoms with E-state index in [2.05, 4.69) is 10.5 Å². The van der Waals surface area contributed by atoms with Crippen molar-refractivity contribution < 1.29 is 19.2 Å². The number of anilines is 1. The van der Waals surface area contributed by atoms with Crippen LogP contribution in [0.5, 0.6) is 0 Å². The van der Waals surface area contributed by atoms with Gasteiger partial charge in [-0.25, -0.2) is 0 Å². The molecule has 2 aromatic carbocycles. The molecule has 0 radical (unpaired) electrons. The molecule has 1 heterocycles. The fraction of sp³-hybridized carbons (Fsp3) is 0.261. The van der Waals surface area contributed by atoms with Crippen molar-refractivity contribution >= 4 is 17.7 Å². The summed E-state index contributed by atoms with van der Waals surface area (Å²) in [6.45, 7) is 5.42. The molecule has 0 aliphatic carbocycles. The van der Waals surface area contributed by atoms with E-state index in [0.717, 1.165) is 0 Å². The van der Waals surface area contributed by atoms with E-state index >= 15 is 0 Å². The Kier molecular flexibility index (Phi) is 5.82. The summed E-state index contributed by atoms with van der Waals surface area (Å²) in [4.78, 5) is 26.3. The molecule has 1 unspecified atom stereocenters. The molecule has 0 spiro atoms. The van der Waals surface area contributed by atoms with Crippen LogP contribution in [-0.2, 0) is 15.0 Å². The van der Waals surface area contributed by atoms with Gasteiger partial charge in [0.15, 0.2) is 5.82 Å². The van der Waals surface area contributed by atoms with Gasteiger partial charge in [0.1, 0.15) is 11.2 Å². The average Bonchev–Trinajstić information content (AvgIpc) is 3.11. The highest BCUT2D eigenvalue weighted by molar-refractivity contribution is 6.00. The number of nitrogens with one attached hydrogen (secondary N) is 1. The molecule has 0 aliphatic rings. The second kappa shape index (κ2) is 8.31. The number of benzene rings is 2. The molecule has 3 aromatic rings. The van der Waals surface area contributed by atoms with Gasteiger partial charge in [-0.15, -0.1) is 0 Å². The first-order valence-electron chi connectivity index (χ1n) is 9.46. The maximum Gasteiger partial charge on any atom is 0.319 e. The number of carboxylic acids is 1. The number of aryl methyl sites for hydroxylation is 1. The number of rotatable bonds is 7. The quantitative estimate of drug-likeness (QED) is 0.627. The Bertz CT molecular complexity index is 941. The Labute approximate surface area is 169 Å². The van der Waals surface area contributed by atoms with Gasteiger partial charge in [0, 0.05) is 6.07 Å². The van der Waals surface area contributed by atoms with Crippen molar-refractivity contribution in [2.24, 2.45) is 11.8 Å². The first-order chi connectivity index (χ1) is 13.9. The van der Waals surface area contributed by atoms with Crippen molar-refractivity contribution in [1.82, 2.24) is 5.16 Å². The van der Waals surface area contributed by atoms with E-state index in [1.54, 1.807) is 61.5 Å². The van der Waals surface area contributed by atoms with Crippen LogP contribution in [0.4, 0.5) is 5.82 Å². The van der Waals surface area contributed by atoms with Crippen LogP contribution in [-0.4, -0.2) is 22.1 Å². The second-order valence-electron chi connectivity index (χ2n) is 7.38. The van der Waals surface area contributed by atoms with E-state index < -0.39 is 23.2 Å². The Balaban J connectivity index is 2.21. The van der Waals surface area contributed by atoms with Crippen molar-refractivity contribution in [1.29, 1.82) is 0 Å². The topological polar surface area (TPSA) is 92.4 Å². The number of carbonyl (C=O) groups excluding carboxylic acids is 1. The summed E-state index contributed by atoms with van der Waals surface area (Å²) in [7, 11) is 0. The van der Waals surface area contributed by atoms with Crippen LogP contribution >= 0.6 is 0 Å². The Morgan fingerprint density at radius 3 is 1.90 bits per heavy atom. The minimum Gasteiger partial charge on any atom is -0.480 e. The first-order valence-corrected chi connectivity index (χ1v) is 9.46. The first kappa shape index (κ1) is 20.3. The second-order valence-corrected chi connectivity index (χ2v) is 7.38. The molecule has 2 N–H and O–H groups in total. The van der Waals surface area contributed by atoms with E-state index in [0.29, 0.717) is 16.9 Å². The highest BCUT2D eigenvalue weighted by Crippen LogP contribution is 2.43. The molecule has 0 saturated heterocycles. The van der Waals surface area contributed by atoms with Gasteiger partial charge in [0.25, 0.3) is 0 Å². The molecule has 1 amide bonds. The van der Waals surface area contributed by atoms with Gasteiger partial charge >= 0.3 is 5.97 Å². The number of hydrogen-bond acceptors (Lipinski definition) is 4. The zero-order valence-corrected chi connectivity index (χ0v) is 16.6. The molecular weight excluding hydrogens is 368 g/mol. The van der Waals surface area contributed by atoms with Crippen molar-refractivity contribution in [3.8, 4) is 0 Å². The Hall–Kier alpha value is -3.41. The number of amides is 1. The van der Waals surface area contributed by atoms with Crippen LogP contribution < -0.4 is 5.32 Å². The SMILES string of the molecule is Cc1cc(NC(=O)C(C(C)C)C(C(=O)O)(c2ccccc2)c2ccccc2)no1. The van der Waals surface area contributed by atoms with Gasteiger partial charge in [-0.05, 0) is 24.0 Å². The van der Waals surface area contributed by atoms with Gasteiger partial charge in [-0.2, -0.15) is 0 Å². The number of aliphatic carboxylic acids is 1. The molecule has 0 saturated carbocycles. The zero-order valence-electron chi connectivity index (χ0n) is 16.6. The monoisotopic (exact) mass is 392 g/mol. The highest BCUT2D eigenvalue weighted by atomic mass is 16.5. The number of hydrogen-bond donors (Lipinski definition) is 2. The van der Waals surface area contributed by atoms with E-state index in [4.69, 9.17) is 4.52 Å². The molecule has 29 heavy (non-hydrogen) atoms. The summed E-state index contributed by atoms with van der Waals surface area (Å²) >= 11 is 0. The molecular formula is C23H24N2O4. The van der Waals surface area contributed by atoms with Gasteiger partial charge in [-0.3, -0.25) is 9.59 Å². The van der Waals surface area contributed by atoms with E-state index in [-0.39, 0.29) is 11.7 Å². The van der Waals surface area contributed by atoms with Crippen LogP contribution in [0.25, 0.3) is 0 Å². The average molecular weight is 392 g/mol. The number of carboxylic acid groups (broad SMARTS) is 1. The van der Waals surface area contributed by atoms with Crippen molar-refractivity contribution in [2.45, 2.75) is 26.2 Å².